The first-order chi connectivity index (χ1) is 16.3. The van der Waals surface area contributed by atoms with Gasteiger partial charge < -0.3 is 29.1 Å². The number of nitrogens with zero attached hydrogens (tertiary/aromatic N) is 1. The maximum Gasteiger partial charge on any atom is 0.379 e. The number of hydrogen-bond acceptors (Lipinski definition) is 11. The molecule has 0 spiro atoms. The number of pyridine rings is 1. The van der Waals surface area contributed by atoms with E-state index in [1.165, 1.54) is 0 Å². The SMILES string of the molecule is O=C1O[C@H]([C@H](O)CO)C(OC(=O)c2cc(=O)c3c4nc5ccccc5oc-4cc(=O)c3[nH]2)C1=O. The first-order valence-corrected chi connectivity index (χ1v) is 9.93. The molecule has 2 aliphatic heterocycles. The van der Waals surface area contributed by atoms with Crippen molar-refractivity contribution in [2.24, 2.45) is 0 Å². The topological polar surface area (TPSA) is 186 Å². The Labute approximate surface area is 187 Å². The molecule has 3 N–H and O–H groups in total. The summed E-state index contributed by atoms with van der Waals surface area (Å²) in [5.74, 6) is -3.79. The van der Waals surface area contributed by atoms with Gasteiger partial charge >= 0.3 is 11.9 Å². The lowest BCUT2D eigenvalue weighted by atomic mass is 10.1. The summed E-state index contributed by atoms with van der Waals surface area (Å²) in [4.78, 5) is 68.7. The summed E-state index contributed by atoms with van der Waals surface area (Å²) < 4.78 is 15.3. The molecule has 1 aromatic heterocycles. The zero-order valence-electron chi connectivity index (χ0n) is 17.0. The van der Waals surface area contributed by atoms with Crippen molar-refractivity contribution in [3.8, 4) is 11.5 Å². The molecule has 1 aliphatic carbocycles. The number of hydrogen-bond donors (Lipinski definition) is 3. The molecular weight excluding hydrogens is 452 g/mol. The quantitative estimate of drug-likeness (QED) is 0.152. The highest BCUT2D eigenvalue weighted by Crippen LogP contribution is 2.28. The van der Waals surface area contributed by atoms with Gasteiger partial charge in [-0.2, -0.15) is 0 Å². The molecule has 3 aliphatic rings. The molecule has 1 unspecified atom stereocenters. The smallest absolute Gasteiger partial charge is 0.379 e. The number of fused-ring (bicyclic) bond motifs is 4. The lowest BCUT2D eigenvalue weighted by molar-refractivity contribution is -0.152. The van der Waals surface area contributed by atoms with Crippen molar-refractivity contribution in [1.82, 2.24) is 9.97 Å². The molecule has 12 heteroatoms. The van der Waals surface area contributed by atoms with Crippen LogP contribution in [0.5, 0.6) is 0 Å². The number of aliphatic hydroxyl groups excluding tert-OH is 2. The molecule has 0 bridgehead atoms. The third kappa shape index (κ3) is 3.32. The van der Waals surface area contributed by atoms with Crippen molar-refractivity contribution in [3.63, 3.8) is 0 Å². The van der Waals surface area contributed by atoms with E-state index in [4.69, 9.17) is 14.3 Å². The number of rotatable bonds is 4. The standard InChI is InChI=1S/C22H14N2O10/c25-7-12(28)19-20(18(29)22(31)33-19)34-21(30)9-5-10(26)15-16(24-9)11(27)6-14-17(15)23-8-3-1-2-4-13(8)32-14/h1-6,12,19-20,25,28H,7H2,(H,24,26)/t12-,19-,20?/m1/s1. The Morgan fingerprint density at radius 2 is 1.91 bits per heavy atom. The third-order valence-corrected chi connectivity index (χ3v) is 5.35. The number of cyclic esters (lactones) is 1. The third-order valence-electron chi connectivity index (χ3n) is 5.35. The van der Waals surface area contributed by atoms with Crippen LogP contribution in [0.2, 0.25) is 0 Å². The van der Waals surface area contributed by atoms with Crippen molar-refractivity contribution in [3.05, 3.63) is 62.5 Å². The second-order valence-corrected chi connectivity index (χ2v) is 7.51. The van der Waals surface area contributed by atoms with E-state index in [0.717, 1.165) is 12.1 Å². The second-order valence-electron chi connectivity index (χ2n) is 7.51. The van der Waals surface area contributed by atoms with Crippen LogP contribution < -0.4 is 10.9 Å². The predicted octanol–water partition coefficient (Wildman–Crippen LogP) is -0.493. The molecule has 34 heavy (non-hydrogen) atoms. The number of benzene rings is 2. The fourth-order valence-corrected chi connectivity index (χ4v) is 3.73. The van der Waals surface area contributed by atoms with Gasteiger partial charge in [0.25, 0.3) is 5.78 Å². The first-order valence-electron chi connectivity index (χ1n) is 9.93. The highest BCUT2D eigenvalue weighted by molar-refractivity contribution is 6.37. The summed E-state index contributed by atoms with van der Waals surface area (Å²) in [5.41, 5.74) is -1.21. The fraction of sp³-hybridized carbons (Fsp3) is 0.182. The van der Waals surface area contributed by atoms with Crippen LogP contribution in [0.4, 0.5) is 0 Å². The maximum absolute atomic E-state index is 12.9. The zero-order valence-corrected chi connectivity index (χ0v) is 17.0. The lowest BCUT2D eigenvalue weighted by Gasteiger charge is -2.20. The van der Waals surface area contributed by atoms with E-state index in [2.05, 4.69) is 14.7 Å². The highest BCUT2D eigenvalue weighted by Gasteiger charge is 2.49. The zero-order chi connectivity index (χ0) is 24.1. The molecule has 0 amide bonds. The van der Waals surface area contributed by atoms with Crippen molar-refractivity contribution in [2.45, 2.75) is 18.3 Å². The average Bonchev–Trinajstić information content (AvgIpc) is 3.10. The van der Waals surface area contributed by atoms with E-state index in [-0.39, 0.29) is 22.4 Å². The maximum atomic E-state index is 12.9. The van der Waals surface area contributed by atoms with Gasteiger partial charge in [0.1, 0.15) is 28.5 Å². The van der Waals surface area contributed by atoms with Gasteiger partial charge in [-0.15, -0.1) is 0 Å². The number of aromatic amines is 1. The van der Waals surface area contributed by atoms with Gasteiger partial charge in [0.15, 0.2) is 22.9 Å². The van der Waals surface area contributed by atoms with Crippen LogP contribution in [0, 0.1) is 0 Å². The molecule has 0 saturated carbocycles. The van der Waals surface area contributed by atoms with Crippen LogP contribution in [0.1, 0.15) is 10.5 Å². The first kappa shape index (κ1) is 21.4. The molecule has 2 aromatic rings. The number of ether oxygens (including phenoxy) is 2. The largest absolute Gasteiger partial charge is 0.453 e. The number of H-pyrrole nitrogens is 1. The minimum atomic E-state index is -1.85. The molecule has 1 fully saturated rings. The van der Waals surface area contributed by atoms with Crippen LogP contribution >= 0.6 is 0 Å². The Morgan fingerprint density at radius 1 is 1.15 bits per heavy atom. The van der Waals surface area contributed by atoms with Crippen LogP contribution in [-0.4, -0.2) is 62.8 Å². The van der Waals surface area contributed by atoms with Crippen molar-refractivity contribution < 1.29 is 38.5 Å². The van der Waals surface area contributed by atoms with E-state index in [1.807, 2.05) is 0 Å². The van der Waals surface area contributed by atoms with Gasteiger partial charge in [-0.1, -0.05) is 12.1 Å². The van der Waals surface area contributed by atoms with Crippen LogP contribution in [-0.2, 0) is 19.1 Å². The van der Waals surface area contributed by atoms with E-state index >= 15 is 0 Å². The number of carbonyl (C=O) groups excluding carboxylic acids is 3. The van der Waals surface area contributed by atoms with Gasteiger partial charge in [-0.25, -0.2) is 14.6 Å². The summed E-state index contributed by atoms with van der Waals surface area (Å²) in [6, 6.07) is 8.72. The summed E-state index contributed by atoms with van der Waals surface area (Å²) in [6.07, 6.45) is -5.16. The minimum absolute atomic E-state index is 0.0741. The van der Waals surface area contributed by atoms with Crippen LogP contribution in [0.15, 0.2) is 50.4 Å². The molecule has 12 nitrogen and oxygen atoms in total. The number of aromatic nitrogens is 2. The molecule has 3 heterocycles. The van der Waals surface area contributed by atoms with Crippen molar-refractivity contribution in [2.75, 3.05) is 6.61 Å². The summed E-state index contributed by atoms with van der Waals surface area (Å²) >= 11 is 0. The number of Topliss-reactive ketones (excluding diaryl/α,β-unsaturated/α-hetero) is 1. The second kappa shape index (κ2) is 7.86. The minimum Gasteiger partial charge on any atom is -0.453 e. The number of carbonyl (C=O) groups is 3. The number of ketones is 1. The molecule has 172 valence electrons. The lowest BCUT2D eigenvalue weighted by Crippen LogP contribution is -2.42. The normalized spacial score (nSPS) is 19.0. The molecular formula is C22H14N2O10. The van der Waals surface area contributed by atoms with Crippen molar-refractivity contribution >= 4 is 39.7 Å². The van der Waals surface area contributed by atoms with Crippen molar-refractivity contribution in [1.29, 1.82) is 0 Å². The molecule has 1 saturated heterocycles. The number of esters is 2. The Kier molecular flexibility index (Phi) is 4.96. The Hall–Kier alpha value is -4.42. The fourth-order valence-electron chi connectivity index (χ4n) is 3.73. The van der Waals surface area contributed by atoms with Gasteiger partial charge in [0.05, 0.1) is 12.0 Å². The van der Waals surface area contributed by atoms with Crippen LogP contribution in [0.25, 0.3) is 33.5 Å². The highest BCUT2D eigenvalue weighted by atomic mass is 16.6. The molecule has 1 aromatic carbocycles. The van der Waals surface area contributed by atoms with Gasteiger partial charge in [-0.05, 0) is 12.1 Å². The number of aliphatic hydroxyl groups is 2. The van der Waals surface area contributed by atoms with E-state index < -0.39 is 59.2 Å². The summed E-state index contributed by atoms with van der Waals surface area (Å²) in [5, 5.41) is 18.7. The molecule has 5 rings (SSSR count). The van der Waals surface area contributed by atoms with E-state index in [0.29, 0.717) is 11.1 Å². The van der Waals surface area contributed by atoms with Gasteiger partial charge in [-0.3, -0.25) is 14.4 Å². The monoisotopic (exact) mass is 466 g/mol. The number of nitrogens with one attached hydrogen (secondary N) is 1. The average molecular weight is 466 g/mol. The van der Waals surface area contributed by atoms with E-state index in [9.17, 15) is 29.1 Å². The van der Waals surface area contributed by atoms with Gasteiger partial charge in [0, 0.05) is 12.1 Å². The van der Waals surface area contributed by atoms with Gasteiger partial charge in [0.2, 0.25) is 11.5 Å². The molecule has 0 radical (unpaired) electrons. The van der Waals surface area contributed by atoms with Crippen LogP contribution in [0.3, 0.4) is 0 Å². The Morgan fingerprint density at radius 3 is 2.68 bits per heavy atom. The predicted molar refractivity (Wildman–Crippen MR) is 112 cm³/mol. The van der Waals surface area contributed by atoms with E-state index in [1.54, 1.807) is 24.3 Å². The Balaban J connectivity index is 1.59. The molecule has 3 atom stereocenters. The summed E-state index contributed by atoms with van der Waals surface area (Å²) in [7, 11) is 0. The number of para-hydroxylation sites is 2. The summed E-state index contributed by atoms with van der Waals surface area (Å²) in [6.45, 7) is -0.870. The Bertz CT molecular complexity index is 1590.